The van der Waals surface area contributed by atoms with Crippen LogP contribution < -0.4 is 0 Å². The molecule has 19 heavy (non-hydrogen) atoms. The zero-order chi connectivity index (χ0) is 13.4. The molecule has 1 aromatic heterocycles. The Labute approximate surface area is 111 Å². The molecule has 1 aromatic rings. The number of rotatable bonds is 3. The highest BCUT2D eigenvalue weighted by Crippen LogP contribution is 2.28. The molecule has 104 valence electrons. The van der Waals surface area contributed by atoms with Crippen LogP contribution in [0.1, 0.15) is 24.6 Å². The van der Waals surface area contributed by atoms with Gasteiger partial charge >= 0.3 is 5.69 Å². The standard InChI is InChI=1S/C12H18N4O3/c1-9-12(16(17)18)5-13-15(9)10-3-2-4-14(6-10)11-7-19-8-11/h5,10-11H,2-4,6-8H2,1H3/t10-/m0/s1. The molecule has 0 unspecified atom stereocenters. The van der Waals surface area contributed by atoms with Gasteiger partial charge in [-0.15, -0.1) is 0 Å². The highest BCUT2D eigenvalue weighted by atomic mass is 16.6. The fourth-order valence-corrected chi connectivity index (χ4v) is 2.91. The lowest BCUT2D eigenvalue weighted by atomic mass is 10.0. The summed E-state index contributed by atoms with van der Waals surface area (Å²) in [5.74, 6) is 0. The van der Waals surface area contributed by atoms with E-state index < -0.39 is 0 Å². The van der Waals surface area contributed by atoms with Gasteiger partial charge in [-0.2, -0.15) is 5.10 Å². The Morgan fingerprint density at radius 2 is 2.26 bits per heavy atom. The van der Waals surface area contributed by atoms with E-state index in [-0.39, 0.29) is 16.7 Å². The van der Waals surface area contributed by atoms with E-state index in [0.717, 1.165) is 39.1 Å². The van der Waals surface area contributed by atoms with Gasteiger partial charge in [-0.25, -0.2) is 0 Å². The van der Waals surface area contributed by atoms with Crippen molar-refractivity contribution in [3.8, 4) is 0 Å². The minimum atomic E-state index is -0.362. The van der Waals surface area contributed by atoms with E-state index in [1.165, 1.54) is 6.20 Å². The molecule has 3 rings (SSSR count). The monoisotopic (exact) mass is 266 g/mol. The van der Waals surface area contributed by atoms with Crippen LogP contribution in [0.5, 0.6) is 0 Å². The fourth-order valence-electron chi connectivity index (χ4n) is 2.91. The number of hydrogen-bond donors (Lipinski definition) is 0. The third kappa shape index (κ3) is 2.23. The van der Waals surface area contributed by atoms with Crippen LogP contribution in [-0.2, 0) is 4.74 Å². The first kappa shape index (κ1) is 12.6. The van der Waals surface area contributed by atoms with E-state index in [2.05, 4.69) is 10.00 Å². The fraction of sp³-hybridized carbons (Fsp3) is 0.750. The molecule has 2 aliphatic heterocycles. The molecule has 3 heterocycles. The Bertz CT molecular complexity index is 483. The lowest BCUT2D eigenvalue weighted by Crippen LogP contribution is -2.52. The number of aromatic nitrogens is 2. The first-order chi connectivity index (χ1) is 9.16. The number of piperidine rings is 1. The quantitative estimate of drug-likeness (QED) is 0.606. The van der Waals surface area contributed by atoms with E-state index in [4.69, 9.17) is 4.74 Å². The summed E-state index contributed by atoms with van der Waals surface area (Å²) in [4.78, 5) is 12.9. The van der Waals surface area contributed by atoms with E-state index in [1.807, 2.05) is 4.68 Å². The van der Waals surface area contributed by atoms with Crippen LogP contribution in [0.15, 0.2) is 6.20 Å². The molecule has 7 heteroatoms. The summed E-state index contributed by atoms with van der Waals surface area (Å²) in [5, 5.41) is 15.1. The largest absolute Gasteiger partial charge is 0.378 e. The maximum absolute atomic E-state index is 10.9. The van der Waals surface area contributed by atoms with E-state index in [9.17, 15) is 10.1 Å². The summed E-state index contributed by atoms with van der Waals surface area (Å²) in [6.45, 7) is 5.40. The van der Waals surface area contributed by atoms with Gasteiger partial charge in [0.15, 0.2) is 0 Å². The van der Waals surface area contributed by atoms with Crippen LogP contribution >= 0.6 is 0 Å². The average Bonchev–Trinajstić information content (AvgIpc) is 2.69. The highest BCUT2D eigenvalue weighted by Gasteiger charge is 2.32. The van der Waals surface area contributed by atoms with Crippen LogP contribution in [0, 0.1) is 17.0 Å². The summed E-state index contributed by atoms with van der Waals surface area (Å²) in [5.41, 5.74) is 0.769. The Hall–Kier alpha value is -1.47. The predicted molar refractivity (Wildman–Crippen MR) is 68.1 cm³/mol. The van der Waals surface area contributed by atoms with Gasteiger partial charge in [0.05, 0.1) is 30.2 Å². The molecule has 0 aromatic carbocycles. The minimum absolute atomic E-state index is 0.115. The van der Waals surface area contributed by atoms with Crippen molar-refractivity contribution in [3.63, 3.8) is 0 Å². The topological polar surface area (TPSA) is 73.4 Å². The van der Waals surface area contributed by atoms with Crippen molar-refractivity contribution in [1.29, 1.82) is 0 Å². The van der Waals surface area contributed by atoms with E-state index in [1.54, 1.807) is 6.92 Å². The van der Waals surface area contributed by atoms with Gasteiger partial charge < -0.3 is 4.74 Å². The molecule has 2 aliphatic rings. The van der Waals surface area contributed by atoms with Crippen LogP contribution in [0.25, 0.3) is 0 Å². The third-order valence-electron chi connectivity index (χ3n) is 4.13. The van der Waals surface area contributed by atoms with Gasteiger partial charge in [-0.05, 0) is 26.3 Å². The summed E-state index contributed by atoms with van der Waals surface area (Å²) in [6.07, 6.45) is 3.50. The molecule has 0 saturated carbocycles. The Balaban J connectivity index is 1.75. The molecule has 0 aliphatic carbocycles. The zero-order valence-corrected chi connectivity index (χ0v) is 11.0. The second-order valence-electron chi connectivity index (χ2n) is 5.30. The molecule has 7 nitrogen and oxygen atoms in total. The summed E-state index contributed by atoms with van der Waals surface area (Å²) in [7, 11) is 0. The Morgan fingerprint density at radius 3 is 2.84 bits per heavy atom. The molecular formula is C12H18N4O3. The van der Waals surface area contributed by atoms with Crippen molar-refractivity contribution >= 4 is 5.69 Å². The van der Waals surface area contributed by atoms with Gasteiger partial charge in [0.2, 0.25) is 0 Å². The molecule has 0 spiro atoms. The highest BCUT2D eigenvalue weighted by molar-refractivity contribution is 5.32. The van der Waals surface area contributed by atoms with Crippen LogP contribution in [0.2, 0.25) is 0 Å². The van der Waals surface area contributed by atoms with Gasteiger partial charge in [-0.3, -0.25) is 19.7 Å². The van der Waals surface area contributed by atoms with Crippen molar-refractivity contribution in [2.75, 3.05) is 26.3 Å². The summed E-state index contributed by atoms with van der Waals surface area (Å²) >= 11 is 0. The van der Waals surface area contributed by atoms with E-state index >= 15 is 0 Å². The lowest BCUT2D eigenvalue weighted by Gasteiger charge is -2.42. The molecule has 2 saturated heterocycles. The Kier molecular flexibility index (Phi) is 3.24. The number of ether oxygens (including phenoxy) is 1. The SMILES string of the molecule is Cc1c([N+](=O)[O-])cnn1[C@H]1CCCN(C2COC2)C1. The second-order valence-corrected chi connectivity index (χ2v) is 5.30. The third-order valence-corrected chi connectivity index (χ3v) is 4.13. The lowest BCUT2D eigenvalue weighted by molar-refractivity contribution is -0.385. The van der Waals surface area contributed by atoms with Gasteiger partial charge in [0, 0.05) is 6.54 Å². The van der Waals surface area contributed by atoms with Crippen LogP contribution in [0.3, 0.4) is 0 Å². The second kappa shape index (κ2) is 4.90. The number of nitrogens with zero attached hydrogens (tertiary/aromatic N) is 4. The van der Waals surface area contributed by atoms with E-state index in [0.29, 0.717) is 11.7 Å². The number of nitro groups is 1. The average molecular weight is 266 g/mol. The van der Waals surface area contributed by atoms with Crippen LogP contribution in [0.4, 0.5) is 5.69 Å². The van der Waals surface area contributed by atoms with Crippen molar-refractivity contribution in [1.82, 2.24) is 14.7 Å². The molecule has 0 radical (unpaired) electrons. The first-order valence-electron chi connectivity index (χ1n) is 6.67. The maximum atomic E-state index is 10.9. The van der Waals surface area contributed by atoms with Gasteiger partial charge in [-0.1, -0.05) is 0 Å². The molecule has 1 atom stereocenters. The van der Waals surface area contributed by atoms with Crippen molar-refractivity contribution in [2.45, 2.75) is 31.8 Å². The van der Waals surface area contributed by atoms with Gasteiger partial charge in [0.25, 0.3) is 0 Å². The van der Waals surface area contributed by atoms with Crippen molar-refractivity contribution in [3.05, 3.63) is 22.0 Å². The normalized spacial score (nSPS) is 25.2. The predicted octanol–water partition coefficient (Wildman–Crippen LogP) is 1.14. The molecular weight excluding hydrogens is 248 g/mol. The van der Waals surface area contributed by atoms with Crippen molar-refractivity contribution < 1.29 is 9.66 Å². The smallest absolute Gasteiger partial charge is 0.309 e. The summed E-state index contributed by atoms with van der Waals surface area (Å²) < 4.78 is 7.06. The first-order valence-corrected chi connectivity index (χ1v) is 6.67. The molecule has 2 fully saturated rings. The molecule has 0 amide bonds. The van der Waals surface area contributed by atoms with Gasteiger partial charge in [0.1, 0.15) is 11.9 Å². The summed E-state index contributed by atoms with van der Waals surface area (Å²) in [6, 6.07) is 0.761. The minimum Gasteiger partial charge on any atom is -0.378 e. The zero-order valence-electron chi connectivity index (χ0n) is 11.0. The molecule has 0 N–H and O–H groups in total. The Morgan fingerprint density at radius 1 is 1.47 bits per heavy atom. The number of likely N-dealkylation sites (tertiary alicyclic amines) is 1. The van der Waals surface area contributed by atoms with Crippen LogP contribution in [-0.4, -0.2) is 51.9 Å². The molecule has 0 bridgehead atoms. The number of hydrogen-bond acceptors (Lipinski definition) is 5. The maximum Gasteiger partial charge on any atom is 0.309 e. The van der Waals surface area contributed by atoms with Crippen molar-refractivity contribution in [2.24, 2.45) is 0 Å².